The molecule has 1 aliphatic heterocycles. The monoisotopic (exact) mass is 427 g/mol. The molecule has 25 heavy (non-hydrogen) atoms. The average Bonchev–Trinajstić information content (AvgIpc) is 2.95. The van der Waals surface area contributed by atoms with E-state index < -0.39 is 33.2 Å². The average molecular weight is 428 g/mol. The second kappa shape index (κ2) is 5.39. The molecule has 1 saturated heterocycles. The van der Waals surface area contributed by atoms with E-state index in [1.807, 2.05) is 0 Å². The number of benzene rings is 1. The quantitative estimate of drug-likeness (QED) is 0.718. The Morgan fingerprint density at radius 2 is 1.96 bits per heavy atom. The molecule has 2 N–H and O–H groups in total. The number of halogens is 1. The van der Waals surface area contributed by atoms with Gasteiger partial charge >= 0.3 is 5.97 Å². The Hall–Kier alpha value is -1.22. The van der Waals surface area contributed by atoms with Crippen molar-refractivity contribution < 1.29 is 23.1 Å². The first kappa shape index (κ1) is 17.2. The van der Waals surface area contributed by atoms with E-state index in [4.69, 9.17) is 4.74 Å². The highest BCUT2D eigenvalue weighted by Gasteiger charge is 2.64. The summed E-state index contributed by atoms with van der Waals surface area (Å²) >= 11 is 3.28. The first-order valence-corrected chi connectivity index (χ1v) is 10.4. The van der Waals surface area contributed by atoms with Crippen LogP contribution in [-0.4, -0.2) is 36.7 Å². The predicted molar refractivity (Wildman–Crippen MR) is 93.1 cm³/mol. The number of hydrogen-bond donors (Lipinski definition) is 2. The molecule has 4 atom stereocenters. The number of hydrogen-bond acceptors (Lipinski definition) is 5. The highest BCUT2D eigenvalue weighted by Crippen LogP contribution is 2.53. The van der Waals surface area contributed by atoms with Crippen molar-refractivity contribution in [3.63, 3.8) is 0 Å². The summed E-state index contributed by atoms with van der Waals surface area (Å²) in [5.74, 6) is -0.757. The van der Waals surface area contributed by atoms with E-state index in [1.165, 1.54) is 18.2 Å². The van der Waals surface area contributed by atoms with Crippen LogP contribution in [-0.2, 0) is 19.6 Å². The molecule has 134 valence electrons. The minimum Gasteiger partial charge on any atom is -0.455 e. The van der Waals surface area contributed by atoms with E-state index in [0.717, 1.165) is 4.47 Å². The summed E-state index contributed by atoms with van der Waals surface area (Å²) in [5, 5.41) is 11.0. The third-order valence-corrected chi connectivity index (χ3v) is 7.57. The van der Waals surface area contributed by atoms with Gasteiger partial charge in [-0.25, -0.2) is 17.9 Å². The second-order valence-electron chi connectivity index (χ2n) is 7.23. The topological polar surface area (TPSA) is 92.7 Å². The van der Waals surface area contributed by atoms with Crippen LogP contribution in [0.3, 0.4) is 0 Å². The zero-order valence-corrected chi connectivity index (χ0v) is 15.9. The summed E-state index contributed by atoms with van der Waals surface area (Å²) in [4.78, 5) is 12.3. The van der Waals surface area contributed by atoms with Crippen molar-refractivity contribution in [1.82, 2.24) is 4.72 Å². The van der Waals surface area contributed by atoms with Gasteiger partial charge in [0.2, 0.25) is 10.0 Å². The third-order valence-electron chi connectivity index (χ3n) is 5.42. The molecule has 1 aromatic rings. The summed E-state index contributed by atoms with van der Waals surface area (Å²) in [7, 11) is -3.77. The maximum atomic E-state index is 12.7. The number of aliphatic hydroxyl groups is 1. The largest absolute Gasteiger partial charge is 0.455 e. The van der Waals surface area contributed by atoms with Crippen LogP contribution in [0, 0.1) is 5.92 Å². The molecular weight excluding hydrogens is 410 g/mol. The van der Waals surface area contributed by atoms with E-state index in [9.17, 15) is 18.3 Å². The lowest BCUT2D eigenvalue weighted by molar-refractivity contribution is -0.140. The molecule has 2 aliphatic carbocycles. The van der Waals surface area contributed by atoms with Crippen molar-refractivity contribution in [3.05, 3.63) is 40.4 Å². The van der Waals surface area contributed by atoms with E-state index in [-0.39, 0.29) is 16.4 Å². The number of rotatable bonds is 3. The Morgan fingerprint density at radius 1 is 1.28 bits per heavy atom. The molecule has 8 heteroatoms. The van der Waals surface area contributed by atoms with Gasteiger partial charge in [0, 0.05) is 10.0 Å². The standard InChI is InChI=1S/C17H18BrNO5S/c1-16(19-25(22,23)12-5-3-11(18)4-6-12)8-10-2-7-14-17(10,21)13(9-16)15(20)24-14/h3-6,9-10,14,19,21H,2,7-8H2,1H3/t10?,14-,16-,17+/m1/s1. The fourth-order valence-corrected chi connectivity index (χ4v) is 5.96. The molecule has 1 unspecified atom stereocenters. The van der Waals surface area contributed by atoms with Gasteiger partial charge in [0.15, 0.2) is 0 Å². The molecule has 4 rings (SSSR count). The summed E-state index contributed by atoms with van der Waals surface area (Å²) in [6.45, 7) is 1.73. The van der Waals surface area contributed by atoms with Gasteiger partial charge in [-0.15, -0.1) is 0 Å². The van der Waals surface area contributed by atoms with Crippen LogP contribution in [0.15, 0.2) is 45.3 Å². The molecule has 0 radical (unpaired) electrons. The van der Waals surface area contributed by atoms with Crippen LogP contribution < -0.4 is 4.72 Å². The Labute approximate surface area is 154 Å². The Morgan fingerprint density at radius 3 is 2.64 bits per heavy atom. The highest BCUT2D eigenvalue weighted by atomic mass is 79.9. The molecule has 0 spiro atoms. The van der Waals surface area contributed by atoms with Gasteiger partial charge in [0.05, 0.1) is 10.5 Å². The van der Waals surface area contributed by atoms with Crippen molar-refractivity contribution in [1.29, 1.82) is 0 Å². The van der Waals surface area contributed by atoms with Gasteiger partial charge in [0.1, 0.15) is 11.7 Å². The zero-order chi connectivity index (χ0) is 18.0. The number of carbonyl (C=O) groups excluding carboxylic acids is 1. The van der Waals surface area contributed by atoms with Crippen molar-refractivity contribution in [3.8, 4) is 0 Å². The first-order chi connectivity index (χ1) is 11.6. The lowest BCUT2D eigenvalue weighted by Gasteiger charge is -2.40. The van der Waals surface area contributed by atoms with Crippen LogP contribution >= 0.6 is 15.9 Å². The van der Waals surface area contributed by atoms with Gasteiger partial charge < -0.3 is 9.84 Å². The molecule has 1 heterocycles. The molecule has 1 aromatic carbocycles. The fourth-order valence-electron chi connectivity index (χ4n) is 4.33. The predicted octanol–water partition coefficient (Wildman–Crippen LogP) is 1.88. The molecule has 0 bridgehead atoms. The zero-order valence-electron chi connectivity index (χ0n) is 13.5. The SMILES string of the molecule is C[C@]1(NS(=O)(=O)c2ccc(Br)cc2)C=C2C(=O)O[C@@H]3CCC(C1)[C@]23O. The number of ether oxygens (including phenoxy) is 1. The normalized spacial score (nSPS) is 36.8. The molecule has 6 nitrogen and oxygen atoms in total. The molecule has 0 amide bonds. The van der Waals surface area contributed by atoms with Gasteiger partial charge in [-0.3, -0.25) is 0 Å². The van der Waals surface area contributed by atoms with E-state index >= 15 is 0 Å². The van der Waals surface area contributed by atoms with Crippen LogP contribution in [0.5, 0.6) is 0 Å². The number of sulfonamides is 1. The maximum absolute atomic E-state index is 12.7. The van der Waals surface area contributed by atoms with Crippen LogP contribution in [0.1, 0.15) is 26.2 Å². The van der Waals surface area contributed by atoms with E-state index in [0.29, 0.717) is 19.3 Å². The smallest absolute Gasteiger partial charge is 0.337 e. The van der Waals surface area contributed by atoms with Crippen LogP contribution in [0.2, 0.25) is 0 Å². The first-order valence-electron chi connectivity index (χ1n) is 8.10. The van der Waals surface area contributed by atoms with Gasteiger partial charge in [-0.05, 0) is 56.4 Å². The number of carbonyl (C=O) groups is 1. The Bertz CT molecular complexity index is 881. The van der Waals surface area contributed by atoms with E-state index in [2.05, 4.69) is 20.7 Å². The lowest BCUT2D eigenvalue weighted by Crippen LogP contribution is -2.54. The third kappa shape index (κ3) is 2.58. The van der Waals surface area contributed by atoms with Crippen molar-refractivity contribution >= 4 is 31.9 Å². The minimum atomic E-state index is -3.77. The van der Waals surface area contributed by atoms with Crippen molar-refractivity contribution in [2.75, 3.05) is 0 Å². The lowest BCUT2D eigenvalue weighted by atomic mass is 9.71. The fraction of sp³-hybridized carbons (Fsp3) is 0.471. The van der Waals surface area contributed by atoms with Crippen LogP contribution in [0.4, 0.5) is 0 Å². The maximum Gasteiger partial charge on any atom is 0.337 e. The van der Waals surface area contributed by atoms with E-state index in [1.54, 1.807) is 19.1 Å². The second-order valence-corrected chi connectivity index (χ2v) is 9.83. The Kier molecular flexibility index (Phi) is 3.71. The summed E-state index contributed by atoms with van der Waals surface area (Å²) in [6, 6.07) is 6.34. The molecule has 1 saturated carbocycles. The molecule has 2 fully saturated rings. The summed E-state index contributed by atoms with van der Waals surface area (Å²) in [5.41, 5.74) is -2.05. The summed E-state index contributed by atoms with van der Waals surface area (Å²) < 4.78 is 34.3. The van der Waals surface area contributed by atoms with Gasteiger partial charge in [0.25, 0.3) is 0 Å². The highest BCUT2D eigenvalue weighted by molar-refractivity contribution is 9.10. The summed E-state index contributed by atoms with van der Waals surface area (Å²) in [6.07, 6.45) is 2.73. The van der Waals surface area contributed by atoms with Gasteiger partial charge in [-0.2, -0.15) is 0 Å². The molecular formula is C17H18BrNO5S. The molecule has 0 aromatic heterocycles. The van der Waals surface area contributed by atoms with Crippen molar-refractivity contribution in [2.24, 2.45) is 5.92 Å². The minimum absolute atomic E-state index is 0.148. The number of esters is 1. The number of nitrogens with one attached hydrogen (secondary N) is 1. The van der Waals surface area contributed by atoms with Crippen LogP contribution in [0.25, 0.3) is 0 Å². The van der Waals surface area contributed by atoms with Crippen molar-refractivity contribution in [2.45, 2.75) is 48.3 Å². The molecule has 3 aliphatic rings. The Balaban J connectivity index is 1.70. The van der Waals surface area contributed by atoms with Gasteiger partial charge in [-0.1, -0.05) is 22.0 Å².